The van der Waals surface area contributed by atoms with Crippen LogP contribution >= 0.6 is 0 Å². The van der Waals surface area contributed by atoms with Crippen molar-refractivity contribution in [3.63, 3.8) is 0 Å². The second-order valence-corrected chi connectivity index (χ2v) is 9.64. The molecule has 10 atom stereocenters. The van der Waals surface area contributed by atoms with Crippen LogP contribution in [-0.2, 0) is 47.5 Å². The summed E-state index contributed by atoms with van der Waals surface area (Å²) in [7, 11) is 9.47. The zero-order valence-corrected chi connectivity index (χ0v) is 25.7. The molecule has 0 spiro atoms. The van der Waals surface area contributed by atoms with E-state index in [0.29, 0.717) is 24.7 Å². The standard InChI is InChI=1S/2C14H24N2O5/c2*1-9-7-10(15)12(16-5-6-17)14(21-9)13(20-4)11(19-3)8-18-2/h2*5,7,10-14,16H,8,15H2,1-4H3/t2*10?,11?,12?,13?,14-/m11/s1. The molecule has 14 nitrogen and oxygen atoms in total. The molecule has 14 heteroatoms. The molecule has 0 aliphatic carbocycles. The number of nitrogens with two attached hydrogens (primary N) is 2. The highest BCUT2D eigenvalue weighted by Gasteiger charge is 2.42. The molecule has 0 bridgehead atoms. The summed E-state index contributed by atoms with van der Waals surface area (Å²) in [6.45, 7) is 4.35. The molecule has 0 aromatic heterocycles. The van der Waals surface area contributed by atoms with Crippen LogP contribution in [0.4, 0.5) is 0 Å². The molecule has 8 unspecified atom stereocenters. The maximum absolute atomic E-state index is 10.4. The molecular formula is C28H48N4O10. The van der Waals surface area contributed by atoms with Crippen LogP contribution in [0.1, 0.15) is 13.8 Å². The number of ether oxygens (including phenoxy) is 8. The second kappa shape index (κ2) is 20.2. The van der Waals surface area contributed by atoms with Crippen LogP contribution < -0.4 is 22.1 Å². The number of methoxy groups -OCH3 is 6. The predicted octanol–water partition coefficient (Wildman–Crippen LogP) is -0.808. The average molecular weight is 601 g/mol. The Hall–Kier alpha value is -2.74. The summed E-state index contributed by atoms with van der Waals surface area (Å²) in [4.78, 5) is 20.9. The average Bonchev–Trinajstić information content (AvgIpc) is 2.96. The van der Waals surface area contributed by atoms with Crippen LogP contribution in [-0.4, -0.2) is 129 Å². The smallest absolute Gasteiger partial charge is 0.149 e. The summed E-state index contributed by atoms with van der Waals surface area (Å²) in [5.74, 6) is 4.76. The van der Waals surface area contributed by atoms with Crippen molar-refractivity contribution >= 4 is 11.9 Å². The molecule has 0 saturated carbocycles. The van der Waals surface area contributed by atoms with Gasteiger partial charge >= 0.3 is 0 Å². The van der Waals surface area contributed by atoms with Gasteiger partial charge in [0.25, 0.3) is 0 Å². The van der Waals surface area contributed by atoms with E-state index in [0.717, 1.165) is 0 Å². The van der Waals surface area contributed by atoms with E-state index in [4.69, 9.17) is 49.4 Å². The van der Waals surface area contributed by atoms with Crippen LogP contribution in [0.2, 0.25) is 0 Å². The quantitative estimate of drug-likeness (QED) is 0.161. The van der Waals surface area contributed by atoms with Gasteiger partial charge in [-0.2, -0.15) is 0 Å². The molecule has 2 heterocycles. The first-order valence-electron chi connectivity index (χ1n) is 13.4. The molecule has 2 rings (SSSR count). The van der Waals surface area contributed by atoms with Crippen molar-refractivity contribution in [2.24, 2.45) is 11.5 Å². The minimum Gasteiger partial charge on any atom is -0.490 e. The minimum absolute atomic E-state index is 0.326. The minimum atomic E-state index is -0.431. The first kappa shape index (κ1) is 37.3. The third-order valence-corrected chi connectivity index (χ3v) is 6.90. The number of rotatable bonds is 16. The molecule has 2 aliphatic heterocycles. The lowest BCUT2D eigenvalue weighted by Gasteiger charge is -2.40. The van der Waals surface area contributed by atoms with Crippen LogP contribution in [0.3, 0.4) is 0 Å². The van der Waals surface area contributed by atoms with Crippen LogP contribution in [0.25, 0.3) is 0 Å². The van der Waals surface area contributed by atoms with E-state index in [9.17, 15) is 9.59 Å². The first-order chi connectivity index (χ1) is 20.2. The van der Waals surface area contributed by atoms with Gasteiger partial charge < -0.3 is 60.0 Å². The highest BCUT2D eigenvalue weighted by molar-refractivity contribution is 5.44. The van der Waals surface area contributed by atoms with Crippen LogP contribution in [0, 0.1) is 0 Å². The van der Waals surface area contributed by atoms with Gasteiger partial charge in [0.05, 0.1) is 61.3 Å². The Balaban J connectivity index is 0.000000420. The largest absolute Gasteiger partial charge is 0.490 e. The van der Waals surface area contributed by atoms with Crippen molar-refractivity contribution in [2.75, 3.05) is 55.9 Å². The number of allylic oxidation sites excluding steroid dienone is 2. The maximum Gasteiger partial charge on any atom is 0.149 e. The van der Waals surface area contributed by atoms with Gasteiger partial charge in [-0.05, 0) is 26.0 Å². The highest BCUT2D eigenvalue weighted by Crippen LogP contribution is 2.25. The topological polar surface area (TPSA) is 184 Å². The van der Waals surface area contributed by atoms with Gasteiger partial charge in [-0.25, -0.2) is 9.59 Å². The van der Waals surface area contributed by atoms with E-state index in [1.54, 1.807) is 66.7 Å². The monoisotopic (exact) mass is 600 g/mol. The Morgan fingerprint density at radius 1 is 0.738 bits per heavy atom. The molecule has 0 radical (unpaired) electrons. The third-order valence-electron chi connectivity index (χ3n) is 6.90. The van der Waals surface area contributed by atoms with Crippen LogP contribution in [0.5, 0.6) is 0 Å². The SMILES string of the molecule is COCC(OC)C(OC)[C@@H]1OC(C)=CC(N)C1NC=C=O.COCC(OC)C(OC)[C@@H]1OC(C)=CC(N)C1NC=C=O. The normalized spacial score (nSPS) is 27.9. The van der Waals surface area contributed by atoms with E-state index in [1.165, 1.54) is 12.4 Å². The molecule has 42 heavy (non-hydrogen) atoms. The third kappa shape index (κ3) is 10.8. The molecule has 0 fully saturated rings. The molecular weight excluding hydrogens is 552 g/mol. The van der Waals surface area contributed by atoms with E-state index in [2.05, 4.69) is 10.6 Å². The number of hydrogen-bond acceptors (Lipinski definition) is 14. The first-order valence-corrected chi connectivity index (χ1v) is 13.4. The Morgan fingerprint density at radius 3 is 1.36 bits per heavy atom. The zero-order valence-electron chi connectivity index (χ0n) is 25.7. The molecule has 2 aliphatic rings. The van der Waals surface area contributed by atoms with Crippen LogP contribution in [0.15, 0.2) is 36.1 Å². The zero-order chi connectivity index (χ0) is 31.7. The van der Waals surface area contributed by atoms with Gasteiger partial charge in [-0.3, -0.25) is 0 Å². The Bertz CT molecular complexity index is 864. The van der Waals surface area contributed by atoms with Gasteiger partial charge in [0.2, 0.25) is 0 Å². The fourth-order valence-electron chi connectivity index (χ4n) is 4.97. The van der Waals surface area contributed by atoms with Gasteiger partial charge in [-0.1, -0.05) is 0 Å². The van der Waals surface area contributed by atoms with E-state index < -0.39 is 24.4 Å². The summed E-state index contributed by atoms with van der Waals surface area (Å²) in [6.07, 6.45) is 3.60. The van der Waals surface area contributed by atoms with Gasteiger partial charge in [-0.15, -0.1) is 0 Å². The van der Waals surface area contributed by atoms with Gasteiger partial charge in [0.15, 0.2) is 0 Å². The lowest BCUT2D eigenvalue weighted by molar-refractivity contribution is -0.132. The Morgan fingerprint density at radius 2 is 1.10 bits per heavy atom. The van der Waals surface area contributed by atoms with Crippen molar-refractivity contribution in [3.8, 4) is 0 Å². The fourth-order valence-corrected chi connectivity index (χ4v) is 4.97. The van der Waals surface area contributed by atoms with E-state index in [1.807, 2.05) is 13.8 Å². The lowest BCUT2D eigenvalue weighted by atomic mass is 9.92. The van der Waals surface area contributed by atoms with Gasteiger partial charge in [0, 0.05) is 42.7 Å². The molecule has 0 saturated heterocycles. The summed E-state index contributed by atoms with van der Waals surface area (Å²) >= 11 is 0. The summed E-state index contributed by atoms with van der Waals surface area (Å²) in [6, 6.07) is -1.33. The summed E-state index contributed by atoms with van der Waals surface area (Å²) < 4.78 is 43.9. The van der Waals surface area contributed by atoms with E-state index >= 15 is 0 Å². The Labute approximate surface area is 248 Å². The molecule has 0 aromatic carbocycles. The number of hydrogen-bond donors (Lipinski definition) is 4. The number of nitrogens with one attached hydrogen (secondary N) is 2. The Kier molecular flexibility index (Phi) is 17.9. The number of carbonyl (C=O) groups excluding carboxylic acids is 2. The van der Waals surface area contributed by atoms with Crippen molar-refractivity contribution in [2.45, 2.75) is 74.6 Å². The van der Waals surface area contributed by atoms with Crippen molar-refractivity contribution in [1.29, 1.82) is 0 Å². The van der Waals surface area contributed by atoms with Crippen molar-refractivity contribution in [1.82, 2.24) is 10.6 Å². The van der Waals surface area contributed by atoms with Crippen molar-refractivity contribution in [3.05, 3.63) is 36.1 Å². The van der Waals surface area contributed by atoms with E-state index in [-0.39, 0.29) is 36.4 Å². The molecule has 240 valence electrons. The highest BCUT2D eigenvalue weighted by atomic mass is 16.6. The van der Waals surface area contributed by atoms with Crippen molar-refractivity contribution < 1.29 is 47.5 Å². The summed E-state index contributed by atoms with van der Waals surface area (Å²) in [5.41, 5.74) is 12.2. The molecule has 6 N–H and O–H groups in total. The lowest BCUT2D eigenvalue weighted by Crippen LogP contribution is -2.60. The predicted molar refractivity (Wildman–Crippen MR) is 155 cm³/mol. The van der Waals surface area contributed by atoms with Gasteiger partial charge in [0.1, 0.15) is 48.5 Å². The second-order valence-electron chi connectivity index (χ2n) is 9.64. The molecule has 0 amide bonds. The maximum atomic E-state index is 10.4. The fraction of sp³-hybridized carbons (Fsp3) is 0.714. The summed E-state index contributed by atoms with van der Waals surface area (Å²) in [5, 5.41) is 5.82. The molecule has 0 aromatic rings.